The molecule has 1 aliphatic rings. The lowest BCUT2D eigenvalue weighted by molar-refractivity contribution is -1.06. The molecule has 118 valence electrons. The van der Waals surface area contributed by atoms with E-state index in [-0.39, 0.29) is 11.8 Å². The van der Waals surface area contributed by atoms with E-state index in [0.29, 0.717) is 18.7 Å². The first-order valence-electron chi connectivity index (χ1n) is 7.24. The van der Waals surface area contributed by atoms with Crippen LogP contribution in [-0.2, 0) is 4.79 Å². The molecular weight excluding hydrogens is 346 g/mol. The average Bonchev–Trinajstić information content (AvgIpc) is 2.80. The number of amides is 1. The van der Waals surface area contributed by atoms with Crippen LogP contribution >= 0.6 is 15.9 Å². The van der Waals surface area contributed by atoms with Gasteiger partial charge in [0, 0.05) is 35.9 Å². The van der Waals surface area contributed by atoms with Gasteiger partial charge in [-0.1, -0.05) is 53.2 Å². The standard InChI is InChI=1S/C16H20BrN3O2/c1-12(16(21)18-9-8-17)10-14-11-15(19-20(14,2)22)13-6-4-3-5-7-13/h3-7,11-12,22H,8-10H2,1-2H3/p+1. The Morgan fingerprint density at radius 1 is 1.41 bits per heavy atom. The van der Waals surface area contributed by atoms with Crippen LogP contribution in [0.25, 0.3) is 0 Å². The maximum Gasteiger partial charge on any atom is 0.223 e. The van der Waals surface area contributed by atoms with Crippen LogP contribution in [0.15, 0.2) is 47.2 Å². The van der Waals surface area contributed by atoms with Gasteiger partial charge in [-0.25, -0.2) is 0 Å². The third kappa shape index (κ3) is 4.03. The summed E-state index contributed by atoms with van der Waals surface area (Å²) in [7, 11) is 1.60. The normalized spacial score (nSPS) is 22.0. The number of hydrogen-bond acceptors (Lipinski definition) is 3. The molecule has 0 radical (unpaired) electrons. The highest BCUT2D eigenvalue weighted by molar-refractivity contribution is 9.09. The van der Waals surface area contributed by atoms with Gasteiger partial charge in [-0.2, -0.15) is 5.21 Å². The Hall–Kier alpha value is -1.50. The molecule has 1 aromatic carbocycles. The van der Waals surface area contributed by atoms with E-state index in [1.165, 1.54) is 0 Å². The molecule has 0 spiro atoms. The molecule has 0 bridgehead atoms. The fourth-order valence-corrected chi connectivity index (χ4v) is 2.51. The summed E-state index contributed by atoms with van der Waals surface area (Å²) in [6, 6.07) is 9.70. The number of hydrogen-bond donors (Lipinski definition) is 2. The van der Waals surface area contributed by atoms with Crippen molar-refractivity contribution in [2.45, 2.75) is 13.3 Å². The van der Waals surface area contributed by atoms with Crippen LogP contribution < -0.4 is 5.32 Å². The third-order valence-electron chi connectivity index (χ3n) is 3.58. The van der Waals surface area contributed by atoms with Gasteiger partial charge >= 0.3 is 0 Å². The van der Waals surface area contributed by atoms with E-state index in [4.69, 9.17) is 0 Å². The number of rotatable bonds is 6. The van der Waals surface area contributed by atoms with Gasteiger partial charge in [-0.05, 0) is 9.86 Å². The zero-order valence-electron chi connectivity index (χ0n) is 12.8. The van der Waals surface area contributed by atoms with Crippen LogP contribution in [-0.4, -0.2) is 40.5 Å². The summed E-state index contributed by atoms with van der Waals surface area (Å²) < 4.78 is -0.541. The van der Waals surface area contributed by atoms with Gasteiger partial charge in [0.05, 0.1) is 0 Å². The van der Waals surface area contributed by atoms with Gasteiger partial charge in [0.2, 0.25) is 5.91 Å². The molecular formula is C16H21BrN3O2+. The summed E-state index contributed by atoms with van der Waals surface area (Å²) in [5, 5.41) is 18.3. The number of carbonyl (C=O) groups is 1. The van der Waals surface area contributed by atoms with Gasteiger partial charge in [0.1, 0.15) is 12.8 Å². The second-order valence-corrected chi connectivity index (χ2v) is 6.28. The smallest absolute Gasteiger partial charge is 0.223 e. The quantitative estimate of drug-likeness (QED) is 0.600. The number of allylic oxidation sites excluding steroid dienone is 2. The summed E-state index contributed by atoms with van der Waals surface area (Å²) >= 11 is 3.28. The largest absolute Gasteiger partial charge is 0.355 e. The number of nitrogens with zero attached hydrogens (tertiary/aromatic N) is 2. The van der Waals surface area contributed by atoms with Crippen molar-refractivity contribution < 1.29 is 14.8 Å². The fourth-order valence-electron chi connectivity index (χ4n) is 2.32. The molecule has 1 aromatic rings. The first kappa shape index (κ1) is 16.9. The summed E-state index contributed by atoms with van der Waals surface area (Å²) in [6.45, 7) is 2.45. The lowest BCUT2D eigenvalue weighted by Crippen LogP contribution is -2.35. The van der Waals surface area contributed by atoms with Crippen molar-refractivity contribution >= 4 is 27.5 Å². The number of hydroxylamine groups is 2. The van der Waals surface area contributed by atoms with Crippen molar-refractivity contribution in [1.82, 2.24) is 5.32 Å². The minimum atomic E-state index is -0.541. The monoisotopic (exact) mass is 366 g/mol. The minimum absolute atomic E-state index is 0.0199. The minimum Gasteiger partial charge on any atom is -0.355 e. The average molecular weight is 367 g/mol. The molecule has 2 N–H and O–H groups in total. The zero-order chi connectivity index (χ0) is 16.2. The van der Waals surface area contributed by atoms with E-state index in [1.54, 1.807) is 7.05 Å². The van der Waals surface area contributed by atoms with Crippen LogP contribution in [0, 0.1) is 5.92 Å². The topological polar surface area (TPSA) is 61.7 Å². The first-order chi connectivity index (χ1) is 10.4. The van der Waals surface area contributed by atoms with Crippen LogP contribution in [0.5, 0.6) is 0 Å². The maximum atomic E-state index is 12.0. The molecule has 0 fully saturated rings. The Bertz CT molecular complexity index is 597. The van der Waals surface area contributed by atoms with E-state index in [9.17, 15) is 10.0 Å². The van der Waals surface area contributed by atoms with Gasteiger partial charge in [0.25, 0.3) is 0 Å². The number of alkyl halides is 1. The van der Waals surface area contributed by atoms with Crippen LogP contribution in [0.2, 0.25) is 0 Å². The van der Waals surface area contributed by atoms with Crippen molar-refractivity contribution in [3.63, 3.8) is 0 Å². The Labute approximate surface area is 139 Å². The van der Waals surface area contributed by atoms with Gasteiger partial charge in [-0.3, -0.25) is 4.79 Å². The van der Waals surface area contributed by atoms with E-state index in [1.807, 2.05) is 43.3 Å². The molecule has 1 aliphatic heterocycles. The Kier molecular flexibility index (Phi) is 5.50. The van der Waals surface area contributed by atoms with Crippen molar-refractivity contribution in [2.24, 2.45) is 11.0 Å². The SMILES string of the molecule is CC(CC1=CC(c2ccccc2)=N[N+]1(C)O)C(=O)NCCBr. The van der Waals surface area contributed by atoms with E-state index in [2.05, 4.69) is 26.3 Å². The molecule has 6 heteroatoms. The Balaban J connectivity index is 2.10. The fraction of sp³-hybridized carbons (Fsp3) is 0.375. The number of benzene rings is 1. The second kappa shape index (κ2) is 7.17. The third-order valence-corrected chi connectivity index (χ3v) is 3.97. The van der Waals surface area contributed by atoms with E-state index >= 15 is 0 Å². The predicted molar refractivity (Wildman–Crippen MR) is 89.6 cm³/mol. The number of halogens is 1. The molecule has 1 heterocycles. The molecule has 2 rings (SSSR count). The predicted octanol–water partition coefficient (Wildman–Crippen LogP) is 2.66. The maximum absolute atomic E-state index is 12.0. The summed E-state index contributed by atoms with van der Waals surface area (Å²) in [5.74, 6) is -0.242. The molecule has 22 heavy (non-hydrogen) atoms. The highest BCUT2D eigenvalue weighted by Gasteiger charge is 2.35. The van der Waals surface area contributed by atoms with Gasteiger partial charge in [0.15, 0.2) is 5.70 Å². The second-order valence-electron chi connectivity index (χ2n) is 5.49. The molecule has 0 aliphatic carbocycles. The lowest BCUT2D eigenvalue weighted by atomic mass is 10.0. The Morgan fingerprint density at radius 2 is 2.09 bits per heavy atom. The molecule has 2 atom stereocenters. The number of nitrogens with one attached hydrogen (secondary N) is 1. The van der Waals surface area contributed by atoms with E-state index in [0.717, 1.165) is 16.6 Å². The number of quaternary nitrogens is 1. The molecule has 2 unspecified atom stereocenters. The van der Waals surface area contributed by atoms with Crippen molar-refractivity contribution in [3.8, 4) is 0 Å². The highest BCUT2D eigenvalue weighted by atomic mass is 79.9. The first-order valence-corrected chi connectivity index (χ1v) is 8.36. The van der Waals surface area contributed by atoms with E-state index < -0.39 is 4.76 Å². The van der Waals surface area contributed by atoms with Crippen LogP contribution in [0.1, 0.15) is 18.9 Å². The Morgan fingerprint density at radius 3 is 2.73 bits per heavy atom. The molecule has 0 saturated heterocycles. The van der Waals surface area contributed by atoms with Gasteiger partial charge in [-0.15, -0.1) is 0 Å². The molecule has 0 saturated carbocycles. The van der Waals surface area contributed by atoms with Crippen molar-refractivity contribution in [1.29, 1.82) is 0 Å². The lowest BCUT2D eigenvalue weighted by Gasteiger charge is -2.19. The molecule has 5 nitrogen and oxygen atoms in total. The summed E-state index contributed by atoms with van der Waals surface area (Å²) in [6.07, 6.45) is 2.32. The highest BCUT2D eigenvalue weighted by Crippen LogP contribution is 2.27. The summed E-state index contributed by atoms with van der Waals surface area (Å²) in [5.41, 5.74) is 2.39. The molecule has 0 aromatic heterocycles. The van der Waals surface area contributed by atoms with Crippen LogP contribution in [0.4, 0.5) is 0 Å². The van der Waals surface area contributed by atoms with Crippen molar-refractivity contribution in [2.75, 3.05) is 18.9 Å². The van der Waals surface area contributed by atoms with Gasteiger partial charge < -0.3 is 5.32 Å². The molecule has 1 amide bonds. The van der Waals surface area contributed by atoms with Crippen molar-refractivity contribution in [3.05, 3.63) is 47.7 Å². The zero-order valence-corrected chi connectivity index (χ0v) is 14.4. The van der Waals surface area contributed by atoms with Crippen LogP contribution in [0.3, 0.4) is 0 Å². The number of carbonyl (C=O) groups excluding carboxylic acids is 1. The summed E-state index contributed by atoms with van der Waals surface area (Å²) in [4.78, 5) is 12.0.